The molecule has 3 aromatic rings. The number of imidazole rings is 1. The standard InChI is InChI=1S/C20H19N3O4/c1-10(2)17(24)15-16(14-5-4-8-27-14)23(19(26)18(15)25)20-21-12-7-6-11(3)9-13(12)22-20/h4-10,16,25H,1-3H3,(H,21,22). The minimum Gasteiger partial charge on any atom is -0.503 e. The third kappa shape index (κ3) is 2.63. The van der Waals surface area contributed by atoms with E-state index in [0.29, 0.717) is 11.3 Å². The Kier molecular flexibility index (Phi) is 3.87. The quantitative estimate of drug-likeness (QED) is 0.736. The monoisotopic (exact) mass is 365 g/mol. The third-order valence-electron chi connectivity index (χ3n) is 4.66. The van der Waals surface area contributed by atoms with E-state index in [2.05, 4.69) is 9.97 Å². The van der Waals surface area contributed by atoms with Crippen LogP contribution in [-0.4, -0.2) is 26.8 Å². The van der Waals surface area contributed by atoms with Crippen molar-refractivity contribution in [1.29, 1.82) is 0 Å². The number of aliphatic hydroxyl groups excluding tert-OH is 1. The zero-order valence-electron chi connectivity index (χ0n) is 15.2. The number of H-pyrrole nitrogens is 1. The molecule has 0 bridgehead atoms. The van der Waals surface area contributed by atoms with Crippen LogP contribution in [0, 0.1) is 12.8 Å². The molecule has 1 aliphatic heterocycles. The van der Waals surface area contributed by atoms with E-state index in [-0.39, 0.29) is 23.2 Å². The summed E-state index contributed by atoms with van der Waals surface area (Å²) in [5, 5.41) is 10.5. The maximum Gasteiger partial charge on any atom is 0.296 e. The molecule has 1 aliphatic rings. The Morgan fingerprint density at radius 3 is 2.78 bits per heavy atom. The Labute approximate surface area is 155 Å². The average molecular weight is 365 g/mol. The van der Waals surface area contributed by atoms with Gasteiger partial charge in [-0.2, -0.15) is 0 Å². The van der Waals surface area contributed by atoms with E-state index in [9.17, 15) is 14.7 Å². The summed E-state index contributed by atoms with van der Waals surface area (Å²) in [5.41, 5.74) is 2.52. The lowest BCUT2D eigenvalue weighted by Gasteiger charge is -2.22. The van der Waals surface area contributed by atoms with Crippen LogP contribution in [0.1, 0.15) is 31.2 Å². The van der Waals surface area contributed by atoms with Gasteiger partial charge in [0.1, 0.15) is 11.8 Å². The molecule has 3 heterocycles. The number of carbonyl (C=O) groups is 2. The van der Waals surface area contributed by atoms with Gasteiger partial charge in [0.05, 0.1) is 22.9 Å². The van der Waals surface area contributed by atoms with Crippen molar-refractivity contribution < 1.29 is 19.1 Å². The number of anilines is 1. The SMILES string of the molecule is Cc1ccc2nc(N3C(=O)C(O)=C(C(=O)C(C)C)C3c3ccco3)[nH]c2c1. The summed E-state index contributed by atoms with van der Waals surface area (Å²) in [7, 11) is 0. The summed E-state index contributed by atoms with van der Waals surface area (Å²) in [6.07, 6.45) is 1.47. The number of fused-ring (bicyclic) bond motifs is 1. The molecule has 0 radical (unpaired) electrons. The Morgan fingerprint density at radius 2 is 2.11 bits per heavy atom. The molecule has 0 spiro atoms. The molecule has 138 valence electrons. The number of Topliss-reactive ketones (excluding diaryl/α,β-unsaturated/α-hetero) is 1. The molecule has 0 aliphatic carbocycles. The first-order chi connectivity index (χ1) is 12.9. The number of aliphatic hydroxyl groups is 1. The van der Waals surface area contributed by atoms with Crippen LogP contribution in [0.3, 0.4) is 0 Å². The second-order valence-corrected chi connectivity index (χ2v) is 6.96. The van der Waals surface area contributed by atoms with E-state index in [1.165, 1.54) is 11.2 Å². The molecular formula is C20H19N3O4. The molecule has 2 aromatic heterocycles. The lowest BCUT2D eigenvalue weighted by Crippen LogP contribution is -2.32. The second-order valence-electron chi connectivity index (χ2n) is 6.96. The lowest BCUT2D eigenvalue weighted by atomic mass is 9.94. The molecule has 7 nitrogen and oxygen atoms in total. The van der Waals surface area contributed by atoms with Gasteiger partial charge in [-0.15, -0.1) is 0 Å². The van der Waals surface area contributed by atoms with E-state index < -0.39 is 17.7 Å². The number of benzene rings is 1. The molecule has 27 heavy (non-hydrogen) atoms. The fraction of sp³-hybridized carbons (Fsp3) is 0.250. The number of hydrogen-bond donors (Lipinski definition) is 2. The molecule has 0 saturated heterocycles. The number of aromatic amines is 1. The van der Waals surface area contributed by atoms with Crippen LogP contribution in [0.25, 0.3) is 11.0 Å². The van der Waals surface area contributed by atoms with Gasteiger partial charge in [0.25, 0.3) is 5.91 Å². The van der Waals surface area contributed by atoms with Crippen molar-refractivity contribution in [3.8, 4) is 0 Å². The predicted molar refractivity (Wildman–Crippen MR) is 99.3 cm³/mol. The maximum atomic E-state index is 12.9. The number of aryl methyl sites for hydroxylation is 1. The summed E-state index contributed by atoms with van der Waals surface area (Å²) in [5.74, 6) is -1.31. The highest BCUT2D eigenvalue weighted by atomic mass is 16.3. The van der Waals surface area contributed by atoms with Crippen molar-refractivity contribution in [2.45, 2.75) is 26.8 Å². The van der Waals surface area contributed by atoms with Crippen molar-refractivity contribution in [1.82, 2.24) is 9.97 Å². The number of aromatic nitrogens is 2. The molecule has 1 aromatic carbocycles. The molecule has 4 rings (SSSR count). The average Bonchev–Trinajstić information content (AvgIpc) is 3.33. The zero-order valence-corrected chi connectivity index (χ0v) is 15.2. The minimum absolute atomic E-state index is 0.0292. The molecule has 1 atom stereocenters. The summed E-state index contributed by atoms with van der Waals surface area (Å²) < 4.78 is 5.49. The fourth-order valence-corrected chi connectivity index (χ4v) is 3.33. The van der Waals surface area contributed by atoms with Gasteiger partial charge in [-0.05, 0) is 36.8 Å². The Balaban J connectivity index is 1.88. The van der Waals surface area contributed by atoms with Gasteiger partial charge in [-0.3, -0.25) is 14.5 Å². The molecule has 0 fully saturated rings. The van der Waals surface area contributed by atoms with Crippen molar-refractivity contribution in [2.24, 2.45) is 5.92 Å². The first-order valence-corrected chi connectivity index (χ1v) is 8.69. The normalized spacial score (nSPS) is 17.6. The van der Waals surface area contributed by atoms with E-state index in [0.717, 1.165) is 11.1 Å². The zero-order chi connectivity index (χ0) is 19.3. The number of nitrogens with one attached hydrogen (secondary N) is 1. The third-order valence-corrected chi connectivity index (χ3v) is 4.66. The van der Waals surface area contributed by atoms with Crippen LogP contribution < -0.4 is 4.90 Å². The number of carbonyl (C=O) groups excluding carboxylic acids is 2. The summed E-state index contributed by atoms with van der Waals surface area (Å²) in [6.45, 7) is 5.40. The maximum absolute atomic E-state index is 12.9. The van der Waals surface area contributed by atoms with Gasteiger partial charge >= 0.3 is 0 Å². The van der Waals surface area contributed by atoms with Crippen molar-refractivity contribution >= 4 is 28.7 Å². The van der Waals surface area contributed by atoms with Crippen molar-refractivity contribution in [3.05, 3.63) is 59.3 Å². The number of amides is 1. The number of hydrogen-bond acceptors (Lipinski definition) is 5. The number of rotatable bonds is 4. The highest BCUT2D eigenvalue weighted by molar-refractivity contribution is 6.16. The van der Waals surface area contributed by atoms with Crippen LogP contribution in [0.15, 0.2) is 52.3 Å². The van der Waals surface area contributed by atoms with Gasteiger partial charge in [0.2, 0.25) is 5.95 Å². The first-order valence-electron chi connectivity index (χ1n) is 8.69. The van der Waals surface area contributed by atoms with Crippen LogP contribution in [-0.2, 0) is 9.59 Å². The van der Waals surface area contributed by atoms with E-state index in [1.54, 1.807) is 26.0 Å². The number of furan rings is 1. The Hall–Kier alpha value is -3.35. The van der Waals surface area contributed by atoms with Gasteiger partial charge in [-0.25, -0.2) is 4.98 Å². The topological polar surface area (TPSA) is 99.4 Å². The Bertz CT molecular complexity index is 1080. The Morgan fingerprint density at radius 1 is 1.33 bits per heavy atom. The molecule has 1 unspecified atom stereocenters. The lowest BCUT2D eigenvalue weighted by molar-refractivity contribution is -0.119. The van der Waals surface area contributed by atoms with Crippen LogP contribution in [0.5, 0.6) is 0 Å². The van der Waals surface area contributed by atoms with Crippen LogP contribution in [0.4, 0.5) is 5.95 Å². The van der Waals surface area contributed by atoms with Gasteiger partial charge in [0, 0.05) is 5.92 Å². The smallest absolute Gasteiger partial charge is 0.296 e. The minimum atomic E-state index is -0.871. The van der Waals surface area contributed by atoms with Gasteiger partial charge in [-0.1, -0.05) is 19.9 Å². The summed E-state index contributed by atoms with van der Waals surface area (Å²) >= 11 is 0. The van der Waals surface area contributed by atoms with Crippen LogP contribution >= 0.6 is 0 Å². The molecular weight excluding hydrogens is 346 g/mol. The summed E-state index contributed by atoms with van der Waals surface area (Å²) in [6, 6.07) is 8.16. The number of ketones is 1. The van der Waals surface area contributed by atoms with Crippen molar-refractivity contribution in [3.63, 3.8) is 0 Å². The van der Waals surface area contributed by atoms with E-state index in [4.69, 9.17) is 4.42 Å². The molecule has 7 heteroatoms. The molecule has 2 N–H and O–H groups in total. The summed E-state index contributed by atoms with van der Waals surface area (Å²) in [4.78, 5) is 34.5. The second kappa shape index (κ2) is 6.12. The van der Waals surface area contributed by atoms with E-state index in [1.807, 2.05) is 25.1 Å². The van der Waals surface area contributed by atoms with Gasteiger partial charge in [0.15, 0.2) is 11.5 Å². The first kappa shape index (κ1) is 17.1. The predicted octanol–water partition coefficient (Wildman–Crippen LogP) is 3.59. The van der Waals surface area contributed by atoms with Crippen molar-refractivity contribution in [2.75, 3.05) is 4.90 Å². The van der Waals surface area contributed by atoms with Crippen LogP contribution in [0.2, 0.25) is 0 Å². The fourth-order valence-electron chi connectivity index (χ4n) is 3.33. The molecule has 0 saturated carbocycles. The van der Waals surface area contributed by atoms with Gasteiger partial charge < -0.3 is 14.5 Å². The largest absolute Gasteiger partial charge is 0.503 e. The van der Waals surface area contributed by atoms with E-state index >= 15 is 0 Å². The number of nitrogens with zero attached hydrogens (tertiary/aromatic N) is 2. The molecule has 1 amide bonds. The highest BCUT2D eigenvalue weighted by Gasteiger charge is 2.47. The highest BCUT2D eigenvalue weighted by Crippen LogP contribution is 2.41.